The van der Waals surface area contributed by atoms with E-state index < -0.39 is 15.1 Å². The fourth-order valence-corrected chi connectivity index (χ4v) is 14.0. The molecule has 5 aromatic carbocycles. The Morgan fingerprint density at radius 2 is 0.806 bits per heavy atom. The van der Waals surface area contributed by atoms with Gasteiger partial charge in [0.25, 0.3) is 0 Å². The molecule has 0 amide bonds. The molecule has 0 radical (unpaired) electrons. The van der Waals surface area contributed by atoms with Crippen molar-refractivity contribution < 1.29 is 37.4 Å². The van der Waals surface area contributed by atoms with Crippen LogP contribution in [0.5, 0.6) is 0 Å². The Bertz CT molecular complexity index is 2460. The number of quaternary nitrogens is 2. The van der Waals surface area contributed by atoms with E-state index in [9.17, 15) is 0 Å². The molecule has 1 aromatic heterocycles. The molecule has 5 atom stereocenters. The standard InChI is InChI=1S/3C19H31N.C18H27N.C6H8N2.CH4.4ClH.Zn/c3*1-3-4-5-6-7-8-9-10-13-17-16-20(2)19-15-12-11-14-18(17)19;1-2-3-4-5-6-7-8-9-12-16-15-19-18-14-11-10-13-17(16)18;7-8-6-4-2-1-3-5-6;;;;;;/h3*11-12,14-15,17H,3-10,13,16H2,1-2H3;10-11,13-15,19H,2-9,12H2,1H3;1-5,8H,7H2;1H4;4*1H;/q;;;;;;;;;;+2/p-1. The van der Waals surface area contributed by atoms with E-state index in [1.807, 2.05) is 30.3 Å². The van der Waals surface area contributed by atoms with Crippen LogP contribution >= 0.6 is 31.8 Å². The molecular formula is C82H135Cl4N6Zn+. The van der Waals surface area contributed by atoms with E-state index in [1.54, 1.807) is 26.5 Å². The first-order valence-electron chi connectivity index (χ1n) is 37.1. The molecule has 0 saturated heterocycles. The van der Waals surface area contributed by atoms with Crippen molar-refractivity contribution in [1.29, 1.82) is 0 Å². The van der Waals surface area contributed by atoms with Gasteiger partial charge in [-0.3, -0.25) is 5.84 Å². The number of hydrogen-bond acceptors (Lipinski definition) is 3. The first-order chi connectivity index (χ1) is 44.2. The molecular weight excluding hydrogens is 1280 g/mol. The number of aromatic nitrogens is 1. The predicted octanol–water partition coefficient (Wildman–Crippen LogP) is 20.9. The molecule has 0 aliphatic carbocycles. The molecule has 9 rings (SSSR count). The number of unbranched alkanes of at least 4 members (excludes halogenated alkanes) is 28. The molecule has 3 aliphatic heterocycles. The van der Waals surface area contributed by atoms with Gasteiger partial charge < -0.3 is 37.5 Å². The quantitative estimate of drug-likeness (QED) is 0.0117. The van der Waals surface area contributed by atoms with Gasteiger partial charge in [-0.2, -0.15) is 0 Å². The van der Waals surface area contributed by atoms with Crippen LogP contribution in [0.4, 0.5) is 22.7 Å². The van der Waals surface area contributed by atoms with Gasteiger partial charge in [0, 0.05) is 70.9 Å². The van der Waals surface area contributed by atoms with Crippen LogP contribution in [0, 0.1) is 0 Å². The maximum atomic E-state index is 5.10. The molecule has 0 saturated carbocycles. The molecule has 0 fully saturated rings. The number of benzene rings is 5. The topological polar surface area (TPSA) is 66.0 Å². The number of anilines is 2. The van der Waals surface area contributed by atoms with Crippen LogP contribution < -0.4 is 38.4 Å². The second kappa shape index (κ2) is 57.9. The van der Waals surface area contributed by atoms with E-state index in [0.717, 1.165) is 23.4 Å². The number of para-hydroxylation sites is 5. The molecule has 522 valence electrons. The summed E-state index contributed by atoms with van der Waals surface area (Å²) in [6.07, 6.45) is 53.0. The molecule has 6 N–H and O–H groups in total. The van der Waals surface area contributed by atoms with Crippen LogP contribution in [0.25, 0.3) is 10.9 Å². The third kappa shape index (κ3) is 36.4. The summed E-state index contributed by atoms with van der Waals surface area (Å²) in [7, 11) is 16.8. The summed E-state index contributed by atoms with van der Waals surface area (Å²) in [5.74, 6) is 7.50. The third-order valence-electron chi connectivity index (χ3n) is 19.2. The number of nitrogens with zero attached hydrogens (tertiary/aromatic N) is 1. The minimum absolute atomic E-state index is 0. The number of aromatic amines is 1. The summed E-state index contributed by atoms with van der Waals surface area (Å²) in [5, 5.41) is 1.41. The number of H-pyrrole nitrogens is 1. The Morgan fingerprint density at radius 1 is 0.462 bits per heavy atom. The monoisotopic (exact) mass is 1410 g/mol. The molecule has 3 aliphatic rings. The maximum absolute atomic E-state index is 5.10. The Kier molecular flexibility index (Phi) is 54.8. The summed E-state index contributed by atoms with van der Waals surface area (Å²) >= 11 is -0.931. The molecule has 0 bridgehead atoms. The van der Waals surface area contributed by atoms with Crippen molar-refractivity contribution in [2.75, 3.05) is 51.1 Å². The Hall–Kier alpha value is -3.10. The third-order valence-corrected chi connectivity index (χ3v) is 19.2. The van der Waals surface area contributed by atoms with Crippen LogP contribution in [0.15, 0.2) is 134 Å². The molecule has 11 heteroatoms. The molecule has 6 aromatic rings. The van der Waals surface area contributed by atoms with Crippen molar-refractivity contribution in [1.82, 2.24) is 4.98 Å². The van der Waals surface area contributed by atoms with Crippen molar-refractivity contribution in [2.45, 2.75) is 284 Å². The number of nitrogens with two attached hydrogens (primary N) is 1. The van der Waals surface area contributed by atoms with Gasteiger partial charge >= 0.3 is 34.5 Å². The summed E-state index contributed by atoms with van der Waals surface area (Å²) < 4.78 is 0. The first-order valence-corrected chi connectivity index (χ1v) is 44.9. The molecule has 5 unspecified atom stereocenters. The average molecular weight is 1410 g/mol. The number of halogens is 4. The number of hydrazine groups is 1. The van der Waals surface area contributed by atoms with Gasteiger partial charge in [0.15, 0.2) is 0 Å². The van der Waals surface area contributed by atoms with Crippen molar-refractivity contribution in [3.05, 3.63) is 156 Å². The Balaban J connectivity index is 0.000000581. The Morgan fingerprint density at radius 3 is 1.23 bits per heavy atom. The summed E-state index contributed by atoms with van der Waals surface area (Å²) in [6.45, 7) is 13.0. The van der Waals surface area contributed by atoms with E-state index >= 15 is 0 Å². The number of likely N-dealkylation sites (N-methyl/N-ethyl adjacent to an activating group) is 3. The molecule has 4 heterocycles. The van der Waals surface area contributed by atoms with Crippen molar-refractivity contribution >= 4 is 65.4 Å². The van der Waals surface area contributed by atoms with Crippen LogP contribution in [0.3, 0.4) is 0 Å². The van der Waals surface area contributed by atoms with E-state index in [1.165, 1.54) is 284 Å². The summed E-state index contributed by atoms with van der Waals surface area (Å²) in [6, 6.07) is 45.2. The van der Waals surface area contributed by atoms with E-state index in [0.29, 0.717) is 0 Å². The number of nitrogen functional groups attached to an aromatic ring is 1. The van der Waals surface area contributed by atoms with Crippen molar-refractivity contribution in [2.24, 2.45) is 5.84 Å². The zero-order valence-corrected chi connectivity index (χ0v) is 65.3. The van der Waals surface area contributed by atoms with Gasteiger partial charge in [0.05, 0.1) is 27.2 Å². The fourth-order valence-electron chi connectivity index (χ4n) is 14.0. The number of fused-ring (bicyclic) bond motifs is 4. The predicted molar refractivity (Wildman–Crippen MR) is 410 cm³/mol. The van der Waals surface area contributed by atoms with E-state index in [4.69, 9.17) is 25.2 Å². The van der Waals surface area contributed by atoms with Gasteiger partial charge in [-0.1, -0.05) is 325 Å². The van der Waals surface area contributed by atoms with Crippen LogP contribution in [-0.2, 0) is 21.6 Å². The molecule has 0 spiro atoms. The normalized spacial score (nSPS) is 16.0. The molecule has 93 heavy (non-hydrogen) atoms. The van der Waals surface area contributed by atoms with Gasteiger partial charge in [0.2, 0.25) is 0 Å². The number of nitrogens with one attached hydrogen (secondary N) is 4. The van der Waals surface area contributed by atoms with E-state index in [-0.39, 0.29) is 32.2 Å². The van der Waals surface area contributed by atoms with Crippen LogP contribution in [0.1, 0.15) is 300 Å². The second-order valence-corrected chi connectivity index (χ2v) is 31.3. The second-order valence-electron chi connectivity index (χ2n) is 26.7. The summed E-state index contributed by atoms with van der Waals surface area (Å²) in [4.78, 5) is 8.99. The fraction of sp³-hybridized carbons (Fsp3) is 0.610. The molecule has 6 nitrogen and oxygen atoms in total. The van der Waals surface area contributed by atoms with Crippen molar-refractivity contribution in [3.63, 3.8) is 0 Å². The van der Waals surface area contributed by atoms with Gasteiger partial charge in [-0.25, -0.2) is 0 Å². The first kappa shape index (κ1) is 87.9. The van der Waals surface area contributed by atoms with Crippen LogP contribution in [-0.4, -0.2) is 45.8 Å². The number of rotatable bonds is 37. The van der Waals surface area contributed by atoms with Gasteiger partial charge in [-0.15, -0.1) is 12.4 Å². The number of hydrogen-bond donors (Lipinski definition) is 5. The van der Waals surface area contributed by atoms with Crippen molar-refractivity contribution in [3.8, 4) is 0 Å². The summed E-state index contributed by atoms with van der Waals surface area (Å²) in [5.41, 5.74) is 15.6. The van der Waals surface area contributed by atoms with Crippen LogP contribution in [0.2, 0.25) is 0 Å². The average Bonchev–Trinajstić information content (AvgIpc) is 1.76. The van der Waals surface area contributed by atoms with E-state index in [2.05, 4.69) is 167 Å². The zero-order chi connectivity index (χ0) is 64.5. The Labute approximate surface area is 600 Å². The zero-order valence-electron chi connectivity index (χ0n) is 59.3. The van der Waals surface area contributed by atoms with Gasteiger partial charge in [0.1, 0.15) is 11.4 Å². The van der Waals surface area contributed by atoms with Gasteiger partial charge in [-0.05, 0) is 79.6 Å². The SMILES string of the molecule is C.CCCCCCCCCCC1CN(C)c2ccccc21.CCCCCCCCCCC1C[NH+](C)c2ccccc21.CCCCCCCCCCC1C[NH+](C)c2ccccc21.CCCCCCCCCCc1c[nH]c2ccccc12.Cl.NNc1ccccc1.[Cl-].[Cl][Zn][Cl]. The minimum atomic E-state index is -0.931. The number of aryl methyl sites for hydroxylation is 1.